The Bertz CT molecular complexity index is 1160. The number of fused-ring (bicyclic) bond motifs is 1. The van der Waals surface area contributed by atoms with Crippen molar-refractivity contribution >= 4 is 40.2 Å². The number of rotatable bonds is 8. The fraction of sp³-hybridized carbons (Fsp3) is 0.292. The number of halogens is 3. The van der Waals surface area contributed by atoms with Gasteiger partial charge in [0.25, 0.3) is 0 Å². The third-order valence-corrected chi connectivity index (χ3v) is 5.80. The molecule has 1 atom stereocenters. The van der Waals surface area contributed by atoms with Gasteiger partial charge in [-0.25, -0.2) is 18.6 Å². The van der Waals surface area contributed by atoms with Gasteiger partial charge in [-0.1, -0.05) is 30.7 Å². The molecule has 0 saturated carbocycles. The van der Waals surface area contributed by atoms with Gasteiger partial charge in [-0.2, -0.15) is 0 Å². The minimum Gasteiger partial charge on any atom is -0.447 e. The van der Waals surface area contributed by atoms with Crippen molar-refractivity contribution in [3.63, 3.8) is 0 Å². The number of anilines is 1. The fourth-order valence-corrected chi connectivity index (χ4v) is 3.58. The Kier molecular flexibility index (Phi) is 8.16. The second-order valence-corrected chi connectivity index (χ2v) is 7.94. The smallest absolute Gasteiger partial charge is 0.412 e. The number of aromatic nitrogens is 1. The molecule has 0 bridgehead atoms. The quantitative estimate of drug-likeness (QED) is 0.461. The minimum atomic E-state index is -0.732. The van der Waals surface area contributed by atoms with Crippen LogP contribution in [0.3, 0.4) is 0 Å². The first-order valence-electron chi connectivity index (χ1n) is 10.5. The molecule has 3 aromatic rings. The van der Waals surface area contributed by atoms with Gasteiger partial charge in [0.05, 0.1) is 11.1 Å². The van der Waals surface area contributed by atoms with E-state index < -0.39 is 11.9 Å². The van der Waals surface area contributed by atoms with Crippen LogP contribution in [0.5, 0.6) is 0 Å². The van der Waals surface area contributed by atoms with Crippen molar-refractivity contribution < 1.29 is 23.1 Å². The molecule has 1 aromatic heterocycles. The number of hydrogen-bond acceptors (Lipinski definition) is 4. The Labute approximate surface area is 195 Å². The van der Waals surface area contributed by atoms with Gasteiger partial charge >= 0.3 is 6.09 Å². The highest BCUT2D eigenvalue weighted by atomic mass is 35.5. The topological polar surface area (TPSA) is 71.5 Å². The van der Waals surface area contributed by atoms with E-state index in [0.717, 1.165) is 5.39 Å². The predicted octanol–water partition coefficient (Wildman–Crippen LogP) is 5.58. The SMILES string of the molecule is CC[C@@H](COC(=O)Nc1cc2cc(F)ccc2cn1)N(C)C(=O)CCc1cccc(F)c1Cl. The first-order valence-corrected chi connectivity index (χ1v) is 10.8. The van der Waals surface area contributed by atoms with Crippen LogP contribution in [0.25, 0.3) is 10.8 Å². The van der Waals surface area contributed by atoms with E-state index in [9.17, 15) is 18.4 Å². The van der Waals surface area contributed by atoms with Gasteiger partial charge in [0, 0.05) is 25.1 Å². The molecule has 1 N–H and O–H groups in total. The number of nitrogens with one attached hydrogen (secondary N) is 1. The summed E-state index contributed by atoms with van der Waals surface area (Å²) in [5.74, 6) is -0.862. The van der Waals surface area contributed by atoms with E-state index in [1.54, 1.807) is 31.3 Å². The maximum absolute atomic E-state index is 13.6. The van der Waals surface area contributed by atoms with E-state index in [-0.39, 0.29) is 41.6 Å². The van der Waals surface area contributed by atoms with Gasteiger partial charge in [0.1, 0.15) is 24.1 Å². The third kappa shape index (κ3) is 6.38. The van der Waals surface area contributed by atoms with Crippen LogP contribution < -0.4 is 5.32 Å². The van der Waals surface area contributed by atoms with Crippen molar-refractivity contribution in [3.05, 3.63) is 70.9 Å². The number of amides is 2. The molecule has 0 aliphatic rings. The van der Waals surface area contributed by atoms with Crippen LogP contribution >= 0.6 is 11.6 Å². The lowest BCUT2D eigenvalue weighted by atomic mass is 10.1. The molecule has 174 valence electrons. The Balaban J connectivity index is 1.52. The average Bonchev–Trinajstić information content (AvgIpc) is 2.79. The lowest BCUT2D eigenvalue weighted by molar-refractivity contribution is -0.132. The first kappa shape index (κ1) is 24.4. The molecule has 0 unspecified atom stereocenters. The number of carbonyl (C=O) groups excluding carboxylic acids is 2. The molecule has 2 aromatic carbocycles. The standard InChI is InChI=1S/C24H24ClF2N3O3/c1-3-19(30(2)22(31)10-8-15-5-4-6-20(27)23(15)25)14-33-24(32)29-21-12-17-11-18(26)9-7-16(17)13-28-21/h4-7,9,11-13,19H,3,8,10,14H2,1-2H3,(H,28,29,32)/t19-/m0/s1. The van der Waals surface area contributed by atoms with E-state index >= 15 is 0 Å². The van der Waals surface area contributed by atoms with Crippen LogP contribution in [0.1, 0.15) is 25.3 Å². The number of benzene rings is 2. The molecule has 0 aliphatic carbocycles. The minimum absolute atomic E-state index is 0.0186. The van der Waals surface area contributed by atoms with Crippen molar-refractivity contribution in [2.75, 3.05) is 19.0 Å². The van der Waals surface area contributed by atoms with Crippen LogP contribution in [0.2, 0.25) is 5.02 Å². The Morgan fingerprint density at radius 3 is 2.73 bits per heavy atom. The van der Waals surface area contributed by atoms with Gasteiger partial charge in [-0.3, -0.25) is 10.1 Å². The van der Waals surface area contributed by atoms with Crippen molar-refractivity contribution in [1.82, 2.24) is 9.88 Å². The number of carbonyl (C=O) groups is 2. The fourth-order valence-electron chi connectivity index (χ4n) is 3.36. The molecule has 1 heterocycles. The second kappa shape index (κ2) is 11.0. The predicted molar refractivity (Wildman–Crippen MR) is 123 cm³/mol. The van der Waals surface area contributed by atoms with Crippen LogP contribution in [-0.4, -0.2) is 41.6 Å². The highest BCUT2D eigenvalue weighted by Gasteiger charge is 2.21. The van der Waals surface area contributed by atoms with E-state index in [1.807, 2.05) is 6.92 Å². The van der Waals surface area contributed by atoms with Crippen molar-refractivity contribution in [1.29, 1.82) is 0 Å². The molecule has 9 heteroatoms. The lowest BCUT2D eigenvalue weighted by Gasteiger charge is -2.27. The molecule has 3 rings (SSSR count). The average molecular weight is 476 g/mol. The summed E-state index contributed by atoms with van der Waals surface area (Å²) in [5.41, 5.74) is 0.560. The number of aryl methyl sites for hydroxylation is 1. The van der Waals surface area contributed by atoms with Crippen LogP contribution in [0.15, 0.2) is 48.7 Å². The zero-order valence-corrected chi connectivity index (χ0v) is 19.0. The van der Waals surface area contributed by atoms with Gasteiger partial charge in [0.15, 0.2) is 0 Å². The summed E-state index contributed by atoms with van der Waals surface area (Å²) in [7, 11) is 1.63. The Morgan fingerprint density at radius 2 is 1.97 bits per heavy atom. The number of pyridine rings is 1. The van der Waals surface area contributed by atoms with Gasteiger partial charge in [0.2, 0.25) is 5.91 Å². The molecule has 6 nitrogen and oxygen atoms in total. The summed E-state index contributed by atoms with van der Waals surface area (Å²) in [5, 5.41) is 3.86. The molecular formula is C24H24ClF2N3O3. The summed E-state index contributed by atoms with van der Waals surface area (Å²) in [6, 6.07) is 9.97. The number of hydrogen-bond donors (Lipinski definition) is 1. The van der Waals surface area contributed by atoms with Crippen LogP contribution in [0, 0.1) is 11.6 Å². The number of ether oxygens (including phenoxy) is 1. The molecule has 0 spiro atoms. The van der Waals surface area contributed by atoms with Crippen molar-refractivity contribution in [3.8, 4) is 0 Å². The van der Waals surface area contributed by atoms with Crippen LogP contribution in [0.4, 0.5) is 19.4 Å². The zero-order valence-electron chi connectivity index (χ0n) is 18.3. The molecule has 0 fully saturated rings. The van der Waals surface area contributed by atoms with Gasteiger partial charge in [-0.05, 0) is 54.1 Å². The van der Waals surface area contributed by atoms with Crippen molar-refractivity contribution in [2.24, 2.45) is 0 Å². The van der Waals surface area contributed by atoms with E-state index in [0.29, 0.717) is 23.8 Å². The molecular weight excluding hydrogens is 452 g/mol. The molecule has 2 amide bonds. The maximum atomic E-state index is 13.6. The summed E-state index contributed by atoms with van der Waals surface area (Å²) in [6.07, 6.45) is 1.79. The highest BCUT2D eigenvalue weighted by Crippen LogP contribution is 2.21. The second-order valence-electron chi connectivity index (χ2n) is 7.56. The highest BCUT2D eigenvalue weighted by molar-refractivity contribution is 6.31. The first-order chi connectivity index (χ1) is 15.8. The maximum Gasteiger partial charge on any atom is 0.412 e. The monoisotopic (exact) mass is 475 g/mol. The number of nitrogens with zero attached hydrogens (tertiary/aromatic N) is 2. The molecule has 0 radical (unpaired) electrons. The summed E-state index contributed by atoms with van der Waals surface area (Å²) >= 11 is 5.95. The van der Waals surface area contributed by atoms with E-state index in [1.165, 1.54) is 29.3 Å². The normalized spacial score (nSPS) is 11.8. The number of likely N-dealkylation sites (N-methyl/N-ethyl adjacent to an activating group) is 1. The van der Waals surface area contributed by atoms with E-state index in [4.69, 9.17) is 16.3 Å². The molecule has 0 saturated heterocycles. The summed E-state index contributed by atoms with van der Waals surface area (Å²) in [6.45, 7) is 1.85. The van der Waals surface area contributed by atoms with Crippen LogP contribution in [-0.2, 0) is 16.0 Å². The lowest BCUT2D eigenvalue weighted by Crippen LogP contribution is -2.40. The molecule has 33 heavy (non-hydrogen) atoms. The Morgan fingerprint density at radius 1 is 1.18 bits per heavy atom. The van der Waals surface area contributed by atoms with Gasteiger partial charge in [-0.15, -0.1) is 0 Å². The van der Waals surface area contributed by atoms with Gasteiger partial charge < -0.3 is 9.64 Å². The molecule has 0 aliphatic heterocycles. The summed E-state index contributed by atoms with van der Waals surface area (Å²) < 4.78 is 32.3. The zero-order chi connectivity index (χ0) is 24.0. The largest absolute Gasteiger partial charge is 0.447 e. The Hall–Kier alpha value is -3.26. The van der Waals surface area contributed by atoms with Crippen molar-refractivity contribution in [2.45, 2.75) is 32.2 Å². The van der Waals surface area contributed by atoms with E-state index in [2.05, 4.69) is 10.3 Å². The third-order valence-electron chi connectivity index (χ3n) is 5.37. The summed E-state index contributed by atoms with van der Waals surface area (Å²) in [4.78, 5) is 30.4.